The molecule has 1 rings (SSSR count). The summed E-state index contributed by atoms with van der Waals surface area (Å²) in [6, 6.07) is 5.58. The highest BCUT2D eigenvalue weighted by atomic mass is 127. The molecule has 0 N–H and O–H groups in total. The Morgan fingerprint density at radius 3 is 2.33 bits per heavy atom. The van der Waals surface area contributed by atoms with Crippen LogP contribution in [0.1, 0.15) is 27.7 Å². The van der Waals surface area contributed by atoms with Gasteiger partial charge in [0.1, 0.15) is 0 Å². The number of halogens is 1. The highest BCUT2D eigenvalue weighted by Gasteiger charge is 2.25. The van der Waals surface area contributed by atoms with E-state index in [1.807, 2.05) is 41.8 Å². The molecule has 0 amide bonds. The fourth-order valence-corrected chi connectivity index (χ4v) is 2.36. The summed E-state index contributed by atoms with van der Waals surface area (Å²) < 4.78 is 0.669. The molecule has 0 bridgehead atoms. The minimum Gasteiger partial charge on any atom is -0.371 e. The summed E-state index contributed by atoms with van der Waals surface area (Å²) in [6.45, 7) is 8.72. The maximum absolute atomic E-state index is 10.8. The number of hydrogen-bond acceptors (Lipinski definition) is 3. The van der Waals surface area contributed by atoms with Crippen molar-refractivity contribution in [1.82, 2.24) is 0 Å². The van der Waals surface area contributed by atoms with E-state index in [0.29, 0.717) is 9.61 Å². The lowest BCUT2D eigenvalue weighted by Gasteiger charge is -2.36. The minimum absolute atomic E-state index is 0.155. The number of anilines is 1. The molecule has 1 unspecified atom stereocenters. The van der Waals surface area contributed by atoms with Gasteiger partial charge in [0.15, 0.2) is 0 Å². The molecule has 0 aliphatic heterocycles. The molecule has 100 valence electrons. The van der Waals surface area contributed by atoms with E-state index in [9.17, 15) is 10.1 Å². The van der Waals surface area contributed by atoms with Crippen LogP contribution in [0.4, 0.5) is 11.4 Å². The van der Waals surface area contributed by atoms with Crippen molar-refractivity contribution >= 4 is 34.0 Å². The molecule has 18 heavy (non-hydrogen) atoms. The van der Waals surface area contributed by atoms with Gasteiger partial charge in [-0.2, -0.15) is 0 Å². The predicted octanol–water partition coefficient (Wildman–Crippen LogP) is 4.07. The number of rotatable bonds is 3. The second-order valence-corrected chi connectivity index (χ2v) is 6.71. The number of nitro groups is 1. The van der Waals surface area contributed by atoms with E-state index in [2.05, 4.69) is 32.6 Å². The SMILES string of the molecule is CC(N(C)c1ccc([N+](=O)[O-])c(I)c1)C(C)(C)C. The lowest BCUT2D eigenvalue weighted by Crippen LogP contribution is -2.39. The molecular weight excluding hydrogens is 343 g/mol. The first-order valence-electron chi connectivity index (χ1n) is 5.81. The maximum Gasteiger partial charge on any atom is 0.282 e. The standard InChI is InChI=1S/C13H19IN2O2/c1-9(13(2,3)4)15(5)10-6-7-12(16(17)18)11(14)8-10/h6-9H,1-5H3. The quantitative estimate of drug-likeness (QED) is 0.463. The van der Waals surface area contributed by atoms with Crippen molar-refractivity contribution in [2.75, 3.05) is 11.9 Å². The molecule has 0 heterocycles. The zero-order valence-corrected chi connectivity index (χ0v) is 13.6. The summed E-state index contributed by atoms with van der Waals surface area (Å²) in [6.07, 6.45) is 0. The molecule has 1 aromatic rings. The zero-order chi connectivity index (χ0) is 14.1. The van der Waals surface area contributed by atoms with Crippen LogP contribution in [0.5, 0.6) is 0 Å². The van der Waals surface area contributed by atoms with E-state index in [4.69, 9.17) is 0 Å². The third kappa shape index (κ3) is 3.34. The lowest BCUT2D eigenvalue weighted by molar-refractivity contribution is -0.385. The molecule has 0 aliphatic carbocycles. The molecule has 1 aromatic carbocycles. The molecule has 5 heteroatoms. The van der Waals surface area contributed by atoms with Gasteiger partial charge >= 0.3 is 0 Å². The van der Waals surface area contributed by atoms with Gasteiger partial charge in [-0.1, -0.05) is 20.8 Å². The van der Waals surface area contributed by atoms with Crippen LogP contribution in [-0.4, -0.2) is 18.0 Å². The van der Waals surface area contributed by atoms with Crippen molar-refractivity contribution in [3.8, 4) is 0 Å². The van der Waals surface area contributed by atoms with Crippen LogP contribution in [0.25, 0.3) is 0 Å². The first-order chi connectivity index (χ1) is 8.14. The molecule has 0 aromatic heterocycles. The third-order valence-electron chi connectivity index (χ3n) is 3.37. The topological polar surface area (TPSA) is 46.4 Å². The molecule has 4 nitrogen and oxygen atoms in total. The van der Waals surface area contributed by atoms with Gasteiger partial charge in [-0.3, -0.25) is 10.1 Å². The summed E-state index contributed by atoms with van der Waals surface area (Å²) >= 11 is 2.01. The van der Waals surface area contributed by atoms with Gasteiger partial charge in [-0.05, 0) is 47.1 Å². The van der Waals surface area contributed by atoms with Gasteiger partial charge in [0.05, 0.1) is 8.49 Å². The lowest BCUT2D eigenvalue weighted by atomic mass is 9.87. The van der Waals surface area contributed by atoms with Gasteiger partial charge in [0.2, 0.25) is 0 Å². The number of hydrogen-bond donors (Lipinski definition) is 0. The highest BCUT2D eigenvalue weighted by molar-refractivity contribution is 14.1. The van der Waals surface area contributed by atoms with E-state index in [1.165, 1.54) is 0 Å². The molecule has 0 saturated heterocycles. The molecule has 1 atom stereocenters. The first-order valence-corrected chi connectivity index (χ1v) is 6.89. The average molecular weight is 362 g/mol. The molecule has 0 aliphatic rings. The maximum atomic E-state index is 10.8. The fourth-order valence-electron chi connectivity index (χ4n) is 1.67. The number of benzene rings is 1. The van der Waals surface area contributed by atoms with Crippen molar-refractivity contribution in [2.24, 2.45) is 5.41 Å². The van der Waals surface area contributed by atoms with Crippen molar-refractivity contribution < 1.29 is 4.92 Å². The Labute approximate surface area is 122 Å². The normalized spacial score (nSPS) is 13.2. The van der Waals surface area contributed by atoms with Crippen LogP contribution in [-0.2, 0) is 0 Å². The second kappa shape index (κ2) is 5.42. The molecule has 0 spiro atoms. The van der Waals surface area contributed by atoms with E-state index < -0.39 is 0 Å². The van der Waals surface area contributed by atoms with Crippen LogP contribution in [0.2, 0.25) is 0 Å². The Hall–Kier alpha value is -0.850. The van der Waals surface area contributed by atoms with E-state index in [0.717, 1.165) is 5.69 Å². The van der Waals surface area contributed by atoms with Gasteiger partial charge < -0.3 is 4.90 Å². The van der Waals surface area contributed by atoms with Crippen molar-refractivity contribution in [3.63, 3.8) is 0 Å². The average Bonchev–Trinajstić information content (AvgIpc) is 2.25. The summed E-state index contributed by atoms with van der Waals surface area (Å²) in [4.78, 5) is 12.6. The largest absolute Gasteiger partial charge is 0.371 e. The molecule has 0 fully saturated rings. The third-order valence-corrected chi connectivity index (χ3v) is 4.23. The van der Waals surface area contributed by atoms with E-state index in [-0.39, 0.29) is 16.0 Å². The van der Waals surface area contributed by atoms with E-state index >= 15 is 0 Å². The summed E-state index contributed by atoms with van der Waals surface area (Å²) in [5.74, 6) is 0. The zero-order valence-electron chi connectivity index (χ0n) is 11.4. The Morgan fingerprint density at radius 2 is 1.94 bits per heavy atom. The van der Waals surface area contributed by atoms with Gasteiger partial charge in [0.25, 0.3) is 5.69 Å². The highest BCUT2D eigenvalue weighted by Crippen LogP contribution is 2.30. The van der Waals surface area contributed by atoms with Crippen molar-refractivity contribution in [3.05, 3.63) is 31.9 Å². The van der Waals surface area contributed by atoms with Crippen LogP contribution in [0, 0.1) is 19.1 Å². The Kier molecular flexibility index (Phi) is 4.58. The molecular formula is C13H19IN2O2. The van der Waals surface area contributed by atoms with E-state index in [1.54, 1.807) is 6.07 Å². The summed E-state index contributed by atoms with van der Waals surface area (Å²) in [7, 11) is 2.02. The Morgan fingerprint density at radius 1 is 1.39 bits per heavy atom. The van der Waals surface area contributed by atoms with Crippen molar-refractivity contribution in [2.45, 2.75) is 33.7 Å². The summed E-state index contributed by atoms with van der Waals surface area (Å²) in [5.41, 5.74) is 1.32. The van der Waals surface area contributed by atoms with Crippen LogP contribution >= 0.6 is 22.6 Å². The fraction of sp³-hybridized carbons (Fsp3) is 0.538. The smallest absolute Gasteiger partial charge is 0.282 e. The van der Waals surface area contributed by atoms with Crippen LogP contribution < -0.4 is 4.90 Å². The van der Waals surface area contributed by atoms with Gasteiger partial charge in [-0.15, -0.1) is 0 Å². The summed E-state index contributed by atoms with van der Waals surface area (Å²) in [5, 5.41) is 10.8. The number of nitro benzene ring substituents is 1. The van der Waals surface area contributed by atoms with Gasteiger partial charge in [0, 0.05) is 24.8 Å². The number of nitrogens with zero attached hydrogens (tertiary/aromatic N) is 2. The van der Waals surface area contributed by atoms with Crippen LogP contribution in [0.15, 0.2) is 18.2 Å². The molecule has 0 saturated carbocycles. The Bertz CT molecular complexity index is 455. The predicted molar refractivity (Wildman–Crippen MR) is 83.1 cm³/mol. The first kappa shape index (κ1) is 15.2. The second-order valence-electron chi connectivity index (χ2n) is 5.55. The monoisotopic (exact) mass is 362 g/mol. The van der Waals surface area contributed by atoms with Gasteiger partial charge in [-0.25, -0.2) is 0 Å². The minimum atomic E-state index is -0.348. The molecule has 0 radical (unpaired) electrons. The Balaban J connectivity index is 3.05. The van der Waals surface area contributed by atoms with Crippen molar-refractivity contribution in [1.29, 1.82) is 0 Å². The van der Waals surface area contributed by atoms with Crippen LogP contribution in [0.3, 0.4) is 0 Å².